The number of halogens is 1. The van der Waals surface area contributed by atoms with Crippen molar-refractivity contribution in [1.29, 1.82) is 0 Å². The average molecular weight is 347 g/mol. The van der Waals surface area contributed by atoms with Crippen LogP contribution in [0.3, 0.4) is 0 Å². The molecule has 2 atom stereocenters. The van der Waals surface area contributed by atoms with E-state index in [0.29, 0.717) is 10.7 Å². The van der Waals surface area contributed by atoms with E-state index in [1.807, 2.05) is 37.3 Å². The molecule has 0 radical (unpaired) electrons. The lowest BCUT2D eigenvalue weighted by Crippen LogP contribution is -2.28. The highest BCUT2D eigenvalue weighted by Gasteiger charge is 2.23. The van der Waals surface area contributed by atoms with Crippen LogP contribution in [0.2, 0.25) is 0 Å². The van der Waals surface area contributed by atoms with Crippen LogP contribution >= 0.6 is 15.9 Å². The van der Waals surface area contributed by atoms with Gasteiger partial charge in [0, 0.05) is 22.5 Å². The Morgan fingerprint density at radius 2 is 2.19 bits per heavy atom. The van der Waals surface area contributed by atoms with Gasteiger partial charge >= 0.3 is 0 Å². The third kappa shape index (κ3) is 3.26. The zero-order chi connectivity index (χ0) is 14.8. The van der Waals surface area contributed by atoms with Crippen molar-refractivity contribution in [2.45, 2.75) is 31.0 Å². The van der Waals surface area contributed by atoms with E-state index in [-0.39, 0.29) is 5.91 Å². The Labute approximate surface area is 133 Å². The first kappa shape index (κ1) is 14.5. The molecule has 3 nitrogen and oxygen atoms in total. The summed E-state index contributed by atoms with van der Waals surface area (Å²) >= 11 is 3.65. The number of carbonyl (C=O) groups is 1. The summed E-state index contributed by atoms with van der Waals surface area (Å²) in [7, 11) is 0. The number of carbonyl (C=O) groups excluding carboxylic acids is 1. The molecular weight excluding hydrogens is 328 g/mol. The molecule has 110 valence electrons. The first-order valence-corrected chi connectivity index (χ1v) is 8.33. The van der Waals surface area contributed by atoms with Gasteiger partial charge in [0.15, 0.2) is 0 Å². The van der Waals surface area contributed by atoms with Crippen LogP contribution in [-0.2, 0) is 0 Å². The van der Waals surface area contributed by atoms with E-state index in [0.717, 1.165) is 35.1 Å². The molecule has 1 aromatic heterocycles. The van der Waals surface area contributed by atoms with Crippen LogP contribution in [0.5, 0.6) is 0 Å². The summed E-state index contributed by atoms with van der Waals surface area (Å²) in [6.45, 7) is 2.69. The molecule has 0 aliphatic heterocycles. The van der Waals surface area contributed by atoms with E-state index in [1.165, 1.54) is 12.8 Å². The van der Waals surface area contributed by atoms with Gasteiger partial charge in [0.1, 0.15) is 0 Å². The maximum atomic E-state index is 12.5. The van der Waals surface area contributed by atoms with Gasteiger partial charge < -0.3 is 5.32 Å². The van der Waals surface area contributed by atoms with Crippen molar-refractivity contribution in [3.8, 4) is 0 Å². The molecule has 1 aliphatic carbocycles. The van der Waals surface area contributed by atoms with Crippen LogP contribution in [0.25, 0.3) is 10.9 Å². The molecule has 1 saturated carbocycles. The summed E-state index contributed by atoms with van der Waals surface area (Å²) in [5.41, 5.74) is 2.48. The Kier molecular flexibility index (Phi) is 4.24. The molecule has 1 aliphatic rings. The normalized spacial score (nSPS) is 21.6. The van der Waals surface area contributed by atoms with Crippen molar-refractivity contribution in [1.82, 2.24) is 10.3 Å². The van der Waals surface area contributed by atoms with Crippen LogP contribution in [0, 0.1) is 12.8 Å². The fraction of sp³-hybridized carbons (Fsp3) is 0.412. The highest BCUT2D eigenvalue weighted by molar-refractivity contribution is 9.09. The number of para-hydroxylation sites is 1. The predicted octanol–water partition coefficient (Wildman–Crippen LogP) is 3.84. The minimum atomic E-state index is 0.00900. The maximum Gasteiger partial charge on any atom is 0.252 e. The summed E-state index contributed by atoms with van der Waals surface area (Å²) < 4.78 is 0. The number of hydrogen-bond donors (Lipinski definition) is 1. The molecule has 2 unspecified atom stereocenters. The molecule has 1 heterocycles. The monoisotopic (exact) mass is 346 g/mol. The van der Waals surface area contributed by atoms with E-state index >= 15 is 0 Å². The number of amides is 1. The number of fused-ring (bicyclic) bond motifs is 1. The predicted molar refractivity (Wildman–Crippen MR) is 88.9 cm³/mol. The van der Waals surface area contributed by atoms with E-state index in [9.17, 15) is 4.79 Å². The van der Waals surface area contributed by atoms with Crippen LogP contribution in [0.15, 0.2) is 30.3 Å². The van der Waals surface area contributed by atoms with Gasteiger partial charge in [0.05, 0.1) is 11.1 Å². The SMILES string of the molecule is Cc1cc(C(=O)NCC2CCC(Br)C2)c2ccccc2n1. The average Bonchev–Trinajstić information content (AvgIpc) is 2.89. The van der Waals surface area contributed by atoms with E-state index in [1.54, 1.807) is 0 Å². The quantitative estimate of drug-likeness (QED) is 0.858. The number of hydrogen-bond acceptors (Lipinski definition) is 2. The Morgan fingerprint density at radius 3 is 2.95 bits per heavy atom. The first-order chi connectivity index (χ1) is 10.1. The molecule has 0 saturated heterocycles. The Morgan fingerprint density at radius 1 is 1.38 bits per heavy atom. The second-order valence-electron chi connectivity index (χ2n) is 5.81. The highest BCUT2D eigenvalue weighted by Crippen LogP contribution is 2.30. The Hall–Kier alpha value is -1.42. The molecular formula is C17H19BrN2O. The number of rotatable bonds is 3. The van der Waals surface area contributed by atoms with Gasteiger partial charge in [0.2, 0.25) is 0 Å². The van der Waals surface area contributed by atoms with Gasteiger partial charge in [0.25, 0.3) is 5.91 Å². The number of nitrogens with zero attached hydrogens (tertiary/aromatic N) is 1. The van der Waals surface area contributed by atoms with Crippen LogP contribution in [0.4, 0.5) is 0 Å². The largest absolute Gasteiger partial charge is 0.352 e. The van der Waals surface area contributed by atoms with Gasteiger partial charge in [-0.25, -0.2) is 0 Å². The van der Waals surface area contributed by atoms with Gasteiger partial charge in [-0.15, -0.1) is 0 Å². The smallest absolute Gasteiger partial charge is 0.252 e. The lowest BCUT2D eigenvalue weighted by Gasteiger charge is -2.12. The molecule has 3 rings (SSSR count). The molecule has 0 bridgehead atoms. The van der Waals surface area contributed by atoms with Crippen molar-refractivity contribution < 1.29 is 4.79 Å². The van der Waals surface area contributed by atoms with Crippen LogP contribution in [0.1, 0.15) is 35.3 Å². The zero-order valence-corrected chi connectivity index (χ0v) is 13.7. The number of benzene rings is 1. The van der Waals surface area contributed by atoms with E-state index in [2.05, 4.69) is 26.2 Å². The topological polar surface area (TPSA) is 42.0 Å². The van der Waals surface area contributed by atoms with Crippen LogP contribution < -0.4 is 5.32 Å². The number of alkyl halides is 1. The molecule has 1 amide bonds. The number of aromatic nitrogens is 1. The molecule has 1 fully saturated rings. The maximum absolute atomic E-state index is 12.5. The summed E-state index contributed by atoms with van der Waals surface area (Å²) in [5, 5.41) is 4.01. The number of pyridine rings is 1. The fourth-order valence-corrected chi connectivity index (χ4v) is 3.82. The van der Waals surface area contributed by atoms with Crippen molar-refractivity contribution in [2.24, 2.45) is 5.92 Å². The summed E-state index contributed by atoms with van der Waals surface area (Å²) in [6.07, 6.45) is 3.54. The summed E-state index contributed by atoms with van der Waals surface area (Å²) in [6, 6.07) is 9.68. The minimum absolute atomic E-state index is 0.00900. The minimum Gasteiger partial charge on any atom is -0.352 e. The molecule has 1 N–H and O–H groups in total. The van der Waals surface area contributed by atoms with Crippen molar-refractivity contribution in [2.75, 3.05) is 6.54 Å². The van der Waals surface area contributed by atoms with Gasteiger partial charge in [-0.1, -0.05) is 34.1 Å². The standard InChI is InChI=1S/C17H19BrN2O/c1-11-8-15(14-4-2-3-5-16(14)20-11)17(21)19-10-12-6-7-13(18)9-12/h2-5,8,12-13H,6-7,9-10H2,1H3,(H,19,21). The van der Waals surface area contributed by atoms with E-state index < -0.39 is 0 Å². The number of nitrogens with one attached hydrogen (secondary N) is 1. The van der Waals surface area contributed by atoms with Crippen LogP contribution in [-0.4, -0.2) is 22.3 Å². The molecule has 21 heavy (non-hydrogen) atoms. The Balaban J connectivity index is 1.78. The Bertz CT molecular complexity index is 671. The van der Waals surface area contributed by atoms with Gasteiger partial charge in [-0.05, 0) is 44.2 Å². The third-order valence-corrected chi connectivity index (χ3v) is 4.95. The van der Waals surface area contributed by atoms with E-state index in [4.69, 9.17) is 0 Å². The lowest BCUT2D eigenvalue weighted by molar-refractivity contribution is 0.0949. The molecule has 1 aromatic carbocycles. The van der Waals surface area contributed by atoms with Gasteiger partial charge in [-0.3, -0.25) is 9.78 Å². The van der Waals surface area contributed by atoms with Crippen molar-refractivity contribution in [3.63, 3.8) is 0 Å². The molecule has 4 heteroatoms. The third-order valence-electron chi connectivity index (χ3n) is 4.12. The lowest BCUT2D eigenvalue weighted by atomic mass is 10.1. The second kappa shape index (κ2) is 6.14. The fourth-order valence-electron chi connectivity index (χ4n) is 3.03. The summed E-state index contributed by atoms with van der Waals surface area (Å²) in [4.78, 5) is 17.6. The zero-order valence-electron chi connectivity index (χ0n) is 12.1. The van der Waals surface area contributed by atoms with Gasteiger partial charge in [-0.2, -0.15) is 0 Å². The molecule has 0 spiro atoms. The number of aryl methyl sites for hydroxylation is 1. The first-order valence-electron chi connectivity index (χ1n) is 7.42. The van der Waals surface area contributed by atoms with Crippen molar-refractivity contribution in [3.05, 3.63) is 41.6 Å². The highest BCUT2D eigenvalue weighted by atomic mass is 79.9. The second-order valence-corrected chi connectivity index (χ2v) is 7.11. The summed E-state index contributed by atoms with van der Waals surface area (Å²) in [5.74, 6) is 0.599. The van der Waals surface area contributed by atoms with Crippen molar-refractivity contribution >= 4 is 32.7 Å². The molecule has 2 aromatic rings.